The molecule has 0 bridgehead atoms. The van der Waals surface area contributed by atoms with Crippen LogP contribution in [0.15, 0.2) is 30.3 Å². The summed E-state index contributed by atoms with van der Waals surface area (Å²) in [7, 11) is 0. The number of halogens is 1. The van der Waals surface area contributed by atoms with Crippen LogP contribution in [0.5, 0.6) is 0 Å². The Bertz CT molecular complexity index is 605. The highest BCUT2D eigenvalue weighted by Crippen LogP contribution is 2.21. The van der Waals surface area contributed by atoms with Crippen molar-refractivity contribution in [3.63, 3.8) is 0 Å². The van der Waals surface area contributed by atoms with E-state index in [1.807, 2.05) is 20.8 Å². The molecule has 3 N–H and O–H groups in total. The first kappa shape index (κ1) is 14.2. The normalized spacial score (nSPS) is 11.4. The predicted octanol–water partition coefficient (Wildman–Crippen LogP) is 3.11. The minimum atomic E-state index is -0.238. The molecule has 5 heteroatoms. The van der Waals surface area contributed by atoms with Gasteiger partial charge in [-0.25, -0.2) is 14.4 Å². The summed E-state index contributed by atoms with van der Waals surface area (Å²) in [5, 5.41) is 3.08. The van der Waals surface area contributed by atoms with Crippen LogP contribution in [-0.4, -0.2) is 9.97 Å². The molecule has 4 nitrogen and oxygen atoms in total. The molecular formula is C15H19FN4. The number of aromatic nitrogens is 2. The SMILES string of the molecule is CC(C)(C)c1nc(N)cc(NCc2ccccc2F)n1. The molecule has 0 atom stereocenters. The van der Waals surface area contributed by atoms with E-state index in [0.717, 1.165) is 0 Å². The van der Waals surface area contributed by atoms with Gasteiger partial charge in [-0.2, -0.15) is 0 Å². The second-order valence-corrected chi connectivity index (χ2v) is 5.70. The van der Waals surface area contributed by atoms with Crippen LogP contribution in [-0.2, 0) is 12.0 Å². The van der Waals surface area contributed by atoms with E-state index >= 15 is 0 Å². The lowest BCUT2D eigenvalue weighted by atomic mass is 9.96. The zero-order valence-corrected chi connectivity index (χ0v) is 11.9. The van der Waals surface area contributed by atoms with Crippen molar-refractivity contribution in [2.75, 3.05) is 11.1 Å². The third kappa shape index (κ3) is 3.44. The Morgan fingerprint density at radius 3 is 2.55 bits per heavy atom. The van der Waals surface area contributed by atoms with Crippen LogP contribution >= 0.6 is 0 Å². The van der Waals surface area contributed by atoms with Crippen LogP contribution < -0.4 is 11.1 Å². The Morgan fingerprint density at radius 2 is 1.90 bits per heavy atom. The summed E-state index contributed by atoms with van der Waals surface area (Å²) in [6.07, 6.45) is 0. The van der Waals surface area contributed by atoms with Crippen molar-refractivity contribution < 1.29 is 4.39 Å². The van der Waals surface area contributed by atoms with Gasteiger partial charge in [0.05, 0.1) is 0 Å². The van der Waals surface area contributed by atoms with Crippen LogP contribution in [0.25, 0.3) is 0 Å². The molecule has 0 aliphatic carbocycles. The average molecular weight is 274 g/mol. The summed E-state index contributed by atoms with van der Waals surface area (Å²) in [6.45, 7) is 6.40. The number of nitrogens with two attached hydrogens (primary N) is 1. The van der Waals surface area contributed by atoms with Gasteiger partial charge in [0.25, 0.3) is 0 Å². The summed E-state index contributed by atoms with van der Waals surface area (Å²) < 4.78 is 13.5. The fourth-order valence-corrected chi connectivity index (χ4v) is 1.72. The molecule has 0 unspecified atom stereocenters. The van der Waals surface area contributed by atoms with Gasteiger partial charge < -0.3 is 11.1 Å². The molecule has 0 fully saturated rings. The third-order valence-electron chi connectivity index (χ3n) is 2.83. The highest BCUT2D eigenvalue weighted by Gasteiger charge is 2.18. The number of nitrogens with zero attached hydrogens (tertiary/aromatic N) is 2. The maximum Gasteiger partial charge on any atom is 0.138 e. The second kappa shape index (κ2) is 5.45. The largest absolute Gasteiger partial charge is 0.384 e. The molecule has 0 aliphatic rings. The van der Waals surface area contributed by atoms with E-state index in [1.54, 1.807) is 24.3 Å². The average Bonchev–Trinajstić information content (AvgIpc) is 2.36. The van der Waals surface area contributed by atoms with Gasteiger partial charge in [-0.1, -0.05) is 39.0 Å². The van der Waals surface area contributed by atoms with E-state index in [2.05, 4.69) is 15.3 Å². The van der Waals surface area contributed by atoms with Crippen molar-refractivity contribution in [3.05, 3.63) is 47.5 Å². The maximum atomic E-state index is 13.5. The fraction of sp³-hybridized carbons (Fsp3) is 0.333. The van der Waals surface area contributed by atoms with Gasteiger partial charge in [0.2, 0.25) is 0 Å². The summed E-state index contributed by atoms with van der Waals surface area (Å²) in [4.78, 5) is 8.66. The molecule has 0 radical (unpaired) electrons. The number of hydrogen-bond donors (Lipinski definition) is 2. The highest BCUT2D eigenvalue weighted by atomic mass is 19.1. The molecule has 2 aromatic rings. The molecule has 1 aromatic carbocycles. The first-order valence-corrected chi connectivity index (χ1v) is 6.48. The Kier molecular flexibility index (Phi) is 3.88. The van der Waals surface area contributed by atoms with E-state index in [0.29, 0.717) is 29.6 Å². The lowest BCUT2D eigenvalue weighted by Gasteiger charge is -2.18. The van der Waals surface area contributed by atoms with E-state index < -0.39 is 0 Å². The van der Waals surface area contributed by atoms with Gasteiger partial charge in [-0.15, -0.1) is 0 Å². The van der Waals surface area contributed by atoms with Gasteiger partial charge in [0.1, 0.15) is 23.3 Å². The molecular weight excluding hydrogens is 255 g/mol. The van der Waals surface area contributed by atoms with Crippen molar-refractivity contribution in [3.8, 4) is 0 Å². The molecule has 0 saturated carbocycles. The molecule has 0 spiro atoms. The third-order valence-corrected chi connectivity index (χ3v) is 2.83. The Morgan fingerprint density at radius 1 is 1.20 bits per heavy atom. The Labute approximate surface area is 118 Å². The number of hydrogen-bond acceptors (Lipinski definition) is 4. The molecule has 0 amide bonds. The first-order valence-electron chi connectivity index (χ1n) is 6.48. The number of rotatable bonds is 3. The zero-order valence-electron chi connectivity index (χ0n) is 11.9. The minimum Gasteiger partial charge on any atom is -0.384 e. The number of nitrogen functional groups attached to an aromatic ring is 1. The summed E-state index contributed by atoms with van der Waals surface area (Å²) in [5.41, 5.74) is 6.18. The van der Waals surface area contributed by atoms with Crippen LogP contribution in [0, 0.1) is 5.82 Å². The van der Waals surface area contributed by atoms with Crippen LogP contribution in [0.2, 0.25) is 0 Å². The van der Waals surface area contributed by atoms with E-state index in [4.69, 9.17) is 5.73 Å². The standard InChI is InChI=1S/C15H19FN4/c1-15(2,3)14-19-12(17)8-13(20-14)18-9-10-6-4-5-7-11(10)16/h4-8H,9H2,1-3H3,(H3,17,18,19,20). The summed E-state index contributed by atoms with van der Waals surface area (Å²) in [5.74, 6) is 1.43. The summed E-state index contributed by atoms with van der Waals surface area (Å²) >= 11 is 0. The number of anilines is 2. The van der Waals surface area contributed by atoms with Crippen LogP contribution in [0.4, 0.5) is 16.0 Å². The minimum absolute atomic E-state index is 0.191. The molecule has 2 rings (SSSR count). The van der Waals surface area contributed by atoms with E-state index in [-0.39, 0.29) is 11.2 Å². The van der Waals surface area contributed by atoms with Crippen LogP contribution in [0.3, 0.4) is 0 Å². The van der Waals surface area contributed by atoms with Gasteiger partial charge in [0.15, 0.2) is 0 Å². The first-order chi connectivity index (χ1) is 9.36. The van der Waals surface area contributed by atoms with Crippen molar-refractivity contribution in [2.45, 2.75) is 32.7 Å². The molecule has 1 heterocycles. The van der Waals surface area contributed by atoms with Crippen molar-refractivity contribution >= 4 is 11.6 Å². The smallest absolute Gasteiger partial charge is 0.138 e. The van der Waals surface area contributed by atoms with E-state index in [1.165, 1.54) is 6.07 Å². The number of benzene rings is 1. The highest BCUT2D eigenvalue weighted by molar-refractivity contribution is 5.45. The molecule has 0 saturated heterocycles. The number of nitrogens with one attached hydrogen (secondary N) is 1. The monoisotopic (exact) mass is 274 g/mol. The van der Waals surface area contributed by atoms with Crippen LogP contribution in [0.1, 0.15) is 32.2 Å². The van der Waals surface area contributed by atoms with Crippen molar-refractivity contribution in [1.29, 1.82) is 0 Å². The molecule has 106 valence electrons. The maximum absolute atomic E-state index is 13.5. The quantitative estimate of drug-likeness (QED) is 0.902. The van der Waals surface area contributed by atoms with E-state index in [9.17, 15) is 4.39 Å². The predicted molar refractivity (Wildman–Crippen MR) is 78.9 cm³/mol. The molecule has 20 heavy (non-hydrogen) atoms. The zero-order chi connectivity index (χ0) is 14.8. The van der Waals surface area contributed by atoms with Crippen molar-refractivity contribution in [1.82, 2.24) is 9.97 Å². The molecule has 1 aromatic heterocycles. The van der Waals surface area contributed by atoms with Crippen molar-refractivity contribution in [2.24, 2.45) is 0 Å². The lowest BCUT2D eigenvalue weighted by molar-refractivity contribution is 0.547. The van der Waals surface area contributed by atoms with Gasteiger partial charge in [-0.3, -0.25) is 0 Å². The lowest BCUT2D eigenvalue weighted by Crippen LogP contribution is -2.18. The summed E-state index contributed by atoms with van der Waals surface area (Å²) in [6, 6.07) is 8.29. The second-order valence-electron chi connectivity index (χ2n) is 5.70. The molecule has 0 aliphatic heterocycles. The van der Waals surface area contributed by atoms with Gasteiger partial charge in [0, 0.05) is 23.6 Å². The van der Waals surface area contributed by atoms with Gasteiger partial charge in [-0.05, 0) is 6.07 Å². The Hall–Kier alpha value is -2.17. The topological polar surface area (TPSA) is 63.8 Å². The Balaban J connectivity index is 2.18. The fourth-order valence-electron chi connectivity index (χ4n) is 1.72. The van der Waals surface area contributed by atoms with Gasteiger partial charge >= 0.3 is 0 Å².